The summed E-state index contributed by atoms with van der Waals surface area (Å²) >= 11 is 0. The van der Waals surface area contributed by atoms with Crippen molar-refractivity contribution in [3.05, 3.63) is 59.4 Å². The highest BCUT2D eigenvalue weighted by molar-refractivity contribution is 5.48. The van der Waals surface area contributed by atoms with Crippen LogP contribution in [0, 0.1) is 18.8 Å². The van der Waals surface area contributed by atoms with Gasteiger partial charge in [0.05, 0.1) is 18.8 Å². The number of ether oxygens (including phenoxy) is 1. The molecule has 0 radical (unpaired) electrons. The Morgan fingerprint density at radius 2 is 2.00 bits per heavy atom. The number of hydrogen-bond acceptors (Lipinski definition) is 3. The smallest absolute Gasteiger partial charge is 0.134 e. The van der Waals surface area contributed by atoms with Gasteiger partial charge in [-0.25, -0.2) is 0 Å². The molecular formula is C18H19NO2. The number of nitrogens with zero attached hydrogens (tertiary/aromatic N) is 1. The van der Waals surface area contributed by atoms with Crippen molar-refractivity contribution in [2.24, 2.45) is 0 Å². The molecule has 2 aromatic rings. The van der Waals surface area contributed by atoms with E-state index in [1.807, 2.05) is 37.3 Å². The van der Waals surface area contributed by atoms with Gasteiger partial charge in [0, 0.05) is 25.2 Å². The molecule has 0 fully saturated rings. The quantitative estimate of drug-likeness (QED) is 0.857. The molecular weight excluding hydrogens is 262 g/mol. The molecule has 0 atom stereocenters. The second kappa shape index (κ2) is 8.08. The molecule has 0 saturated carbocycles. The first-order valence-electron chi connectivity index (χ1n) is 7.01. The van der Waals surface area contributed by atoms with E-state index in [-0.39, 0.29) is 6.61 Å². The van der Waals surface area contributed by atoms with E-state index < -0.39 is 0 Å². The summed E-state index contributed by atoms with van der Waals surface area (Å²) in [6.07, 6.45) is 4.88. The number of aromatic nitrogens is 1. The van der Waals surface area contributed by atoms with Crippen LogP contribution in [0.15, 0.2) is 42.7 Å². The van der Waals surface area contributed by atoms with Crippen LogP contribution in [0.25, 0.3) is 0 Å². The number of benzene rings is 1. The second-order valence-electron chi connectivity index (χ2n) is 4.73. The molecule has 0 aliphatic carbocycles. The SMILES string of the molecule is Cc1ccc(OCCc2ccncc2)c(C#CCCO)c1. The van der Waals surface area contributed by atoms with Crippen molar-refractivity contribution in [1.29, 1.82) is 0 Å². The Morgan fingerprint density at radius 3 is 2.76 bits per heavy atom. The van der Waals surface area contributed by atoms with Crippen molar-refractivity contribution >= 4 is 0 Å². The van der Waals surface area contributed by atoms with E-state index >= 15 is 0 Å². The summed E-state index contributed by atoms with van der Waals surface area (Å²) in [4.78, 5) is 4.00. The molecule has 0 saturated heterocycles. The van der Waals surface area contributed by atoms with Crippen molar-refractivity contribution in [3.8, 4) is 17.6 Å². The zero-order valence-corrected chi connectivity index (χ0v) is 12.2. The summed E-state index contributed by atoms with van der Waals surface area (Å²) in [5, 5.41) is 8.80. The monoisotopic (exact) mass is 281 g/mol. The van der Waals surface area contributed by atoms with Gasteiger partial charge >= 0.3 is 0 Å². The lowest BCUT2D eigenvalue weighted by Gasteiger charge is -2.09. The van der Waals surface area contributed by atoms with Crippen molar-refractivity contribution < 1.29 is 9.84 Å². The minimum Gasteiger partial charge on any atom is -0.492 e. The van der Waals surface area contributed by atoms with E-state index in [1.165, 1.54) is 5.56 Å². The maximum atomic E-state index is 8.80. The van der Waals surface area contributed by atoms with Gasteiger partial charge in [-0.1, -0.05) is 17.9 Å². The van der Waals surface area contributed by atoms with Crippen molar-refractivity contribution in [2.75, 3.05) is 13.2 Å². The third-order valence-corrected chi connectivity index (χ3v) is 2.99. The summed E-state index contributed by atoms with van der Waals surface area (Å²) in [5.74, 6) is 6.79. The Hall–Kier alpha value is -2.31. The van der Waals surface area contributed by atoms with Crippen molar-refractivity contribution in [1.82, 2.24) is 4.98 Å². The van der Waals surface area contributed by atoms with Crippen LogP contribution in [-0.2, 0) is 6.42 Å². The number of hydrogen-bond donors (Lipinski definition) is 1. The van der Waals surface area contributed by atoms with Gasteiger partial charge in [0.25, 0.3) is 0 Å². The van der Waals surface area contributed by atoms with Gasteiger partial charge in [-0.15, -0.1) is 0 Å². The summed E-state index contributed by atoms with van der Waals surface area (Å²) in [5.41, 5.74) is 3.22. The molecule has 3 nitrogen and oxygen atoms in total. The Morgan fingerprint density at radius 1 is 1.19 bits per heavy atom. The topological polar surface area (TPSA) is 42.4 Å². The normalized spacial score (nSPS) is 9.81. The Labute approximate surface area is 125 Å². The summed E-state index contributed by atoms with van der Waals surface area (Å²) in [6.45, 7) is 2.71. The minimum atomic E-state index is 0.0804. The molecule has 3 heteroatoms. The number of aliphatic hydroxyl groups excluding tert-OH is 1. The standard InChI is InChI=1S/C18H19NO2/c1-15-5-6-18(17(14-15)4-2-3-12-20)21-13-9-16-7-10-19-11-8-16/h5-8,10-11,14,20H,3,9,12-13H2,1H3. The molecule has 0 spiro atoms. The lowest BCUT2D eigenvalue weighted by atomic mass is 10.1. The van der Waals surface area contributed by atoms with E-state index in [1.54, 1.807) is 12.4 Å². The van der Waals surface area contributed by atoms with Gasteiger partial charge < -0.3 is 9.84 Å². The van der Waals surface area contributed by atoms with E-state index in [4.69, 9.17) is 9.84 Å². The average molecular weight is 281 g/mol. The highest BCUT2D eigenvalue weighted by atomic mass is 16.5. The Balaban J connectivity index is 2.01. The number of rotatable bonds is 5. The summed E-state index contributed by atoms with van der Waals surface area (Å²) in [6, 6.07) is 9.94. The van der Waals surface area contributed by atoms with Crippen LogP contribution >= 0.6 is 0 Å². The molecule has 0 aliphatic rings. The van der Waals surface area contributed by atoms with Gasteiger partial charge in [0.2, 0.25) is 0 Å². The predicted octanol–water partition coefficient (Wildman–Crippen LogP) is 2.75. The van der Waals surface area contributed by atoms with Crippen molar-refractivity contribution in [3.63, 3.8) is 0 Å². The van der Waals surface area contributed by atoms with Gasteiger partial charge in [-0.2, -0.15) is 0 Å². The van der Waals surface area contributed by atoms with Crippen LogP contribution in [0.2, 0.25) is 0 Å². The van der Waals surface area contributed by atoms with Crippen LogP contribution in [0.5, 0.6) is 5.75 Å². The average Bonchev–Trinajstić information content (AvgIpc) is 2.51. The largest absolute Gasteiger partial charge is 0.492 e. The summed E-state index contributed by atoms with van der Waals surface area (Å²) in [7, 11) is 0. The van der Waals surface area contributed by atoms with E-state index in [0.29, 0.717) is 13.0 Å². The van der Waals surface area contributed by atoms with E-state index in [2.05, 4.69) is 16.8 Å². The fourth-order valence-corrected chi connectivity index (χ4v) is 1.91. The van der Waals surface area contributed by atoms with Crippen LogP contribution in [0.3, 0.4) is 0 Å². The molecule has 0 bridgehead atoms. The van der Waals surface area contributed by atoms with Crippen LogP contribution in [0.1, 0.15) is 23.1 Å². The minimum absolute atomic E-state index is 0.0804. The van der Waals surface area contributed by atoms with Gasteiger partial charge in [-0.05, 0) is 42.3 Å². The first-order chi connectivity index (χ1) is 10.3. The second-order valence-corrected chi connectivity index (χ2v) is 4.73. The van der Waals surface area contributed by atoms with E-state index in [0.717, 1.165) is 23.3 Å². The molecule has 21 heavy (non-hydrogen) atoms. The van der Waals surface area contributed by atoms with Crippen LogP contribution in [0.4, 0.5) is 0 Å². The van der Waals surface area contributed by atoms with Crippen LogP contribution in [-0.4, -0.2) is 23.3 Å². The zero-order valence-electron chi connectivity index (χ0n) is 12.2. The number of aliphatic hydroxyl groups is 1. The first-order valence-corrected chi connectivity index (χ1v) is 7.01. The van der Waals surface area contributed by atoms with Gasteiger partial charge in [0.15, 0.2) is 0 Å². The third-order valence-electron chi connectivity index (χ3n) is 2.99. The molecule has 0 unspecified atom stereocenters. The maximum absolute atomic E-state index is 8.80. The van der Waals surface area contributed by atoms with Crippen molar-refractivity contribution in [2.45, 2.75) is 19.8 Å². The van der Waals surface area contributed by atoms with Crippen LogP contribution < -0.4 is 4.74 Å². The maximum Gasteiger partial charge on any atom is 0.134 e. The Kier molecular flexibility index (Phi) is 5.81. The molecule has 1 N–H and O–H groups in total. The molecule has 1 aromatic heterocycles. The number of aryl methyl sites for hydroxylation is 1. The van der Waals surface area contributed by atoms with Gasteiger partial charge in [-0.3, -0.25) is 4.98 Å². The number of pyridine rings is 1. The zero-order chi connectivity index (χ0) is 14.9. The highest BCUT2D eigenvalue weighted by Crippen LogP contribution is 2.19. The third kappa shape index (κ3) is 4.94. The first kappa shape index (κ1) is 15.1. The Bertz CT molecular complexity index is 627. The lowest BCUT2D eigenvalue weighted by molar-refractivity contribution is 0.305. The molecule has 0 aliphatic heterocycles. The molecule has 1 aromatic carbocycles. The van der Waals surface area contributed by atoms with Gasteiger partial charge in [0.1, 0.15) is 5.75 Å². The molecule has 2 rings (SSSR count). The lowest BCUT2D eigenvalue weighted by Crippen LogP contribution is -2.03. The molecule has 1 heterocycles. The molecule has 0 amide bonds. The summed E-state index contributed by atoms with van der Waals surface area (Å²) < 4.78 is 5.84. The predicted molar refractivity (Wildman–Crippen MR) is 83.2 cm³/mol. The fourth-order valence-electron chi connectivity index (χ4n) is 1.91. The highest BCUT2D eigenvalue weighted by Gasteiger charge is 2.02. The fraction of sp³-hybridized carbons (Fsp3) is 0.278. The molecule has 108 valence electrons. The van der Waals surface area contributed by atoms with E-state index in [9.17, 15) is 0 Å².